The lowest BCUT2D eigenvalue weighted by molar-refractivity contribution is 0.568. The summed E-state index contributed by atoms with van der Waals surface area (Å²) in [6, 6.07) is 4.06. The summed E-state index contributed by atoms with van der Waals surface area (Å²) in [6.45, 7) is 6.57. The van der Waals surface area contributed by atoms with Crippen LogP contribution < -0.4 is 5.32 Å². The van der Waals surface area contributed by atoms with E-state index in [2.05, 4.69) is 40.1 Å². The van der Waals surface area contributed by atoms with Crippen LogP contribution in [0.2, 0.25) is 0 Å². The van der Waals surface area contributed by atoms with E-state index >= 15 is 0 Å². The number of halogens is 1. The quantitative estimate of drug-likeness (QED) is 0.643. The van der Waals surface area contributed by atoms with E-state index in [-0.39, 0.29) is 0 Å². The molecule has 0 aliphatic heterocycles. The Hall–Kier alpha value is -0.0600. The highest BCUT2D eigenvalue weighted by Crippen LogP contribution is 2.16. The Labute approximate surface area is 104 Å². The summed E-state index contributed by atoms with van der Waals surface area (Å²) in [6.07, 6.45) is 1.84. The third kappa shape index (κ3) is 6.17. The summed E-state index contributed by atoms with van der Waals surface area (Å²) in [7, 11) is 0. The first kappa shape index (κ1) is 13.0. The van der Waals surface area contributed by atoms with E-state index in [1.54, 1.807) is 11.8 Å². The second-order valence-electron chi connectivity index (χ2n) is 3.76. The molecule has 15 heavy (non-hydrogen) atoms. The zero-order valence-electron chi connectivity index (χ0n) is 9.16. The predicted octanol–water partition coefficient (Wildman–Crippen LogP) is 3.18. The monoisotopic (exact) mass is 288 g/mol. The van der Waals surface area contributed by atoms with Crippen LogP contribution in [0.15, 0.2) is 27.8 Å². The van der Waals surface area contributed by atoms with E-state index in [9.17, 15) is 0 Å². The SMILES string of the molecule is CC(C)CNCCSc1ccc(Br)cn1. The van der Waals surface area contributed by atoms with Crippen LogP contribution in [0.1, 0.15) is 13.8 Å². The lowest BCUT2D eigenvalue weighted by Crippen LogP contribution is -2.22. The fourth-order valence-electron chi connectivity index (χ4n) is 1.07. The molecule has 0 saturated carbocycles. The fourth-order valence-corrected chi connectivity index (χ4v) is 2.05. The van der Waals surface area contributed by atoms with Gasteiger partial charge in [-0.1, -0.05) is 13.8 Å². The molecular formula is C11H17BrN2S. The van der Waals surface area contributed by atoms with Crippen molar-refractivity contribution in [2.75, 3.05) is 18.8 Å². The van der Waals surface area contributed by atoms with E-state index < -0.39 is 0 Å². The molecule has 0 bridgehead atoms. The minimum atomic E-state index is 0.723. The molecule has 1 N–H and O–H groups in total. The first-order valence-electron chi connectivity index (χ1n) is 5.13. The first-order valence-corrected chi connectivity index (χ1v) is 6.91. The van der Waals surface area contributed by atoms with Crippen molar-refractivity contribution < 1.29 is 0 Å². The maximum absolute atomic E-state index is 4.30. The van der Waals surface area contributed by atoms with Crippen LogP contribution in [0.4, 0.5) is 0 Å². The van der Waals surface area contributed by atoms with Gasteiger partial charge in [0.2, 0.25) is 0 Å². The summed E-state index contributed by atoms with van der Waals surface area (Å²) >= 11 is 5.16. The maximum Gasteiger partial charge on any atom is 0.0961 e. The molecule has 0 spiro atoms. The minimum absolute atomic E-state index is 0.723. The number of rotatable bonds is 6. The second kappa shape index (κ2) is 7.25. The summed E-state index contributed by atoms with van der Waals surface area (Å²) in [5.41, 5.74) is 0. The van der Waals surface area contributed by atoms with Crippen LogP contribution in [-0.2, 0) is 0 Å². The van der Waals surface area contributed by atoms with Gasteiger partial charge in [0, 0.05) is 23.0 Å². The van der Waals surface area contributed by atoms with Gasteiger partial charge in [-0.15, -0.1) is 11.8 Å². The smallest absolute Gasteiger partial charge is 0.0961 e. The van der Waals surface area contributed by atoms with Crippen LogP contribution in [0, 0.1) is 5.92 Å². The lowest BCUT2D eigenvalue weighted by Gasteiger charge is -2.06. The molecule has 0 radical (unpaired) electrons. The van der Waals surface area contributed by atoms with E-state index in [1.165, 1.54) is 0 Å². The van der Waals surface area contributed by atoms with Gasteiger partial charge in [-0.2, -0.15) is 0 Å². The molecule has 2 nitrogen and oxygen atoms in total. The zero-order valence-corrected chi connectivity index (χ0v) is 11.6. The summed E-state index contributed by atoms with van der Waals surface area (Å²) in [5.74, 6) is 1.79. The van der Waals surface area contributed by atoms with Crippen LogP contribution in [-0.4, -0.2) is 23.8 Å². The minimum Gasteiger partial charge on any atom is -0.316 e. The molecule has 0 aromatic carbocycles. The predicted molar refractivity (Wildman–Crippen MR) is 70.4 cm³/mol. The van der Waals surface area contributed by atoms with E-state index in [0.717, 1.165) is 34.3 Å². The van der Waals surface area contributed by atoms with Gasteiger partial charge < -0.3 is 5.32 Å². The third-order valence-corrected chi connectivity index (χ3v) is 3.20. The van der Waals surface area contributed by atoms with Crippen molar-refractivity contribution in [2.24, 2.45) is 5.92 Å². The molecule has 84 valence electrons. The molecule has 0 aliphatic rings. The Bertz CT molecular complexity index is 274. The molecular weight excluding hydrogens is 272 g/mol. The molecule has 4 heteroatoms. The molecule has 1 aromatic rings. The van der Waals surface area contributed by atoms with E-state index in [0.29, 0.717) is 0 Å². The van der Waals surface area contributed by atoms with Gasteiger partial charge in [-0.3, -0.25) is 0 Å². The Morgan fingerprint density at radius 3 is 2.87 bits per heavy atom. The first-order chi connectivity index (χ1) is 7.18. The van der Waals surface area contributed by atoms with Crippen molar-refractivity contribution in [3.8, 4) is 0 Å². The van der Waals surface area contributed by atoms with E-state index in [4.69, 9.17) is 0 Å². The van der Waals surface area contributed by atoms with Crippen molar-refractivity contribution in [2.45, 2.75) is 18.9 Å². The largest absolute Gasteiger partial charge is 0.316 e. The maximum atomic E-state index is 4.30. The molecule has 0 unspecified atom stereocenters. The van der Waals surface area contributed by atoms with Crippen molar-refractivity contribution in [3.05, 3.63) is 22.8 Å². The van der Waals surface area contributed by atoms with Gasteiger partial charge in [0.1, 0.15) is 0 Å². The number of hydrogen-bond donors (Lipinski definition) is 1. The van der Waals surface area contributed by atoms with Crippen LogP contribution in [0.25, 0.3) is 0 Å². The standard InChI is InChI=1S/C11H17BrN2S/c1-9(2)7-13-5-6-15-11-4-3-10(12)8-14-11/h3-4,8-9,13H,5-7H2,1-2H3. The number of nitrogens with zero attached hydrogens (tertiary/aromatic N) is 1. The molecule has 0 fully saturated rings. The van der Waals surface area contributed by atoms with Gasteiger partial charge in [0.25, 0.3) is 0 Å². The average Bonchev–Trinajstić information content (AvgIpc) is 2.20. The molecule has 0 saturated heterocycles. The van der Waals surface area contributed by atoms with Crippen molar-refractivity contribution in [1.82, 2.24) is 10.3 Å². The molecule has 0 atom stereocenters. The normalized spacial score (nSPS) is 10.9. The van der Waals surface area contributed by atoms with Gasteiger partial charge in [-0.25, -0.2) is 4.98 Å². The van der Waals surface area contributed by atoms with Gasteiger partial charge in [0.15, 0.2) is 0 Å². The zero-order chi connectivity index (χ0) is 11.1. The number of nitrogens with one attached hydrogen (secondary N) is 1. The van der Waals surface area contributed by atoms with Crippen molar-refractivity contribution >= 4 is 27.7 Å². The Balaban J connectivity index is 2.12. The topological polar surface area (TPSA) is 24.9 Å². The summed E-state index contributed by atoms with van der Waals surface area (Å²) in [4.78, 5) is 4.30. The second-order valence-corrected chi connectivity index (χ2v) is 5.79. The molecule has 1 heterocycles. The Kier molecular flexibility index (Phi) is 6.29. The average molecular weight is 289 g/mol. The van der Waals surface area contributed by atoms with Gasteiger partial charge in [-0.05, 0) is 40.5 Å². The van der Waals surface area contributed by atoms with Crippen LogP contribution >= 0.6 is 27.7 Å². The highest BCUT2D eigenvalue weighted by atomic mass is 79.9. The lowest BCUT2D eigenvalue weighted by atomic mass is 10.2. The number of aromatic nitrogens is 1. The molecule has 1 aromatic heterocycles. The number of pyridine rings is 1. The highest BCUT2D eigenvalue weighted by molar-refractivity contribution is 9.10. The Morgan fingerprint density at radius 2 is 2.27 bits per heavy atom. The van der Waals surface area contributed by atoms with Crippen LogP contribution in [0.5, 0.6) is 0 Å². The highest BCUT2D eigenvalue weighted by Gasteiger charge is 1.96. The Morgan fingerprint density at radius 1 is 1.47 bits per heavy atom. The third-order valence-electron chi connectivity index (χ3n) is 1.78. The van der Waals surface area contributed by atoms with E-state index in [1.807, 2.05) is 18.3 Å². The molecule has 0 aliphatic carbocycles. The summed E-state index contributed by atoms with van der Waals surface area (Å²) in [5, 5.41) is 4.50. The fraction of sp³-hybridized carbons (Fsp3) is 0.545. The van der Waals surface area contributed by atoms with Gasteiger partial charge >= 0.3 is 0 Å². The number of thioether (sulfide) groups is 1. The van der Waals surface area contributed by atoms with Crippen LogP contribution in [0.3, 0.4) is 0 Å². The van der Waals surface area contributed by atoms with Crippen molar-refractivity contribution in [3.63, 3.8) is 0 Å². The summed E-state index contributed by atoms with van der Waals surface area (Å²) < 4.78 is 1.03. The molecule has 1 rings (SSSR count). The molecule has 0 amide bonds. The number of hydrogen-bond acceptors (Lipinski definition) is 3. The van der Waals surface area contributed by atoms with Gasteiger partial charge in [0.05, 0.1) is 5.03 Å². The van der Waals surface area contributed by atoms with Crippen molar-refractivity contribution in [1.29, 1.82) is 0 Å².